The van der Waals surface area contributed by atoms with Crippen LogP contribution < -0.4 is 15.2 Å². The molecule has 0 radical (unpaired) electrons. The maximum Gasteiger partial charge on any atom is 0.230 e. The number of nitrogens with two attached hydrogens (primary N) is 1. The molecule has 2 aromatic carbocycles. The van der Waals surface area contributed by atoms with Crippen LogP contribution in [0.1, 0.15) is 27.0 Å². The van der Waals surface area contributed by atoms with Gasteiger partial charge in [0, 0.05) is 5.56 Å². The van der Waals surface area contributed by atoms with E-state index in [1.807, 2.05) is 32.9 Å². The van der Waals surface area contributed by atoms with Crippen molar-refractivity contribution in [3.63, 3.8) is 0 Å². The molecule has 0 bridgehead atoms. The van der Waals surface area contributed by atoms with Crippen molar-refractivity contribution in [3.8, 4) is 34.4 Å². The lowest BCUT2D eigenvalue weighted by atomic mass is 10.1. The maximum atomic E-state index is 13.3. The molecule has 10 heteroatoms. The fourth-order valence-corrected chi connectivity index (χ4v) is 5.26. The number of carbonyl (C=O) groups is 1. The normalized spacial score (nSPS) is 11.3. The van der Waals surface area contributed by atoms with E-state index in [9.17, 15) is 18.3 Å². The highest BCUT2D eigenvalue weighted by Gasteiger charge is 2.26. The molecule has 0 unspecified atom stereocenters. The SMILES string of the molecule is COc1cc(-c2ccc(C(=O)CS(=O)(=O)c3cccc(N)n3)c(Oc3c(C)cc(C)cc3C)n2)ccc1O. The minimum Gasteiger partial charge on any atom is -0.504 e. The van der Waals surface area contributed by atoms with Crippen molar-refractivity contribution >= 4 is 21.4 Å². The molecule has 0 spiro atoms. The molecule has 0 aliphatic rings. The molecule has 9 nitrogen and oxygen atoms in total. The molecule has 0 aliphatic heterocycles. The predicted molar refractivity (Wildman–Crippen MR) is 144 cm³/mol. The first-order chi connectivity index (χ1) is 18.0. The van der Waals surface area contributed by atoms with Gasteiger partial charge < -0.3 is 20.3 Å². The number of nitrogen functional groups attached to an aromatic ring is 1. The number of phenols is 1. The van der Waals surface area contributed by atoms with E-state index in [2.05, 4.69) is 9.97 Å². The molecule has 0 atom stereocenters. The van der Waals surface area contributed by atoms with Gasteiger partial charge in [-0.25, -0.2) is 18.4 Å². The van der Waals surface area contributed by atoms with E-state index in [1.54, 1.807) is 18.2 Å². The van der Waals surface area contributed by atoms with Crippen molar-refractivity contribution in [2.75, 3.05) is 18.6 Å². The summed E-state index contributed by atoms with van der Waals surface area (Å²) in [5.74, 6) is -0.858. The zero-order chi connectivity index (χ0) is 27.6. The molecule has 0 saturated carbocycles. The first kappa shape index (κ1) is 26.6. The molecule has 2 aromatic heterocycles. The van der Waals surface area contributed by atoms with Crippen molar-refractivity contribution in [2.24, 2.45) is 0 Å². The molecule has 0 aliphatic carbocycles. The minimum absolute atomic E-state index is 0.00801. The number of phenolic OH excluding ortho intramolecular Hbond substituents is 1. The van der Waals surface area contributed by atoms with Crippen molar-refractivity contribution in [3.05, 3.63) is 82.9 Å². The van der Waals surface area contributed by atoms with Crippen LogP contribution in [-0.2, 0) is 9.84 Å². The molecule has 38 heavy (non-hydrogen) atoms. The monoisotopic (exact) mass is 533 g/mol. The predicted octanol–water partition coefficient (Wildman–Crippen LogP) is 4.81. The topological polar surface area (TPSA) is 142 Å². The summed E-state index contributed by atoms with van der Waals surface area (Å²) < 4.78 is 37.3. The van der Waals surface area contributed by atoms with Crippen LogP contribution in [0.2, 0.25) is 0 Å². The largest absolute Gasteiger partial charge is 0.504 e. The van der Waals surface area contributed by atoms with Gasteiger partial charge >= 0.3 is 0 Å². The molecule has 4 aromatic rings. The number of nitrogens with zero attached hydrogens (tertiary/aromatic N) is 2. The average molecular weight is 534 g/mol. The van der Waals surface area contributed by atoms with Gasteiger partial charge in [-0.1, -0.05) is 23.8 Å². The Balaban J connectivity index is 1.79. The molecule has 4 rings (SSSR count). The number of hydrogen-bond acceptors (Lipinski definition) is 9. The number of carbonyl (C=O) groups excluding carboxylic acids is 1. The summed E-state index contributed by atoms with van der Waals surface area (Å²) >= 11 is 0. The third-order valence-corrected chi connectivity index (χ3v) is 7.33. The second-order valence-corrected chi connectivity index (χ2v) is 10.8. The molecular formula is C28H27N3O6S. The van der Waals surface area contributed by atoms with Gasteiger partial charge in [-0.2, -0.15) is 0 Å². The lowest BCUT2D eigenvalue weighted by Crippen LogP contribution is -2.19. The number of rotatable bonds is 8. The van der Waals surface area contributed by atoms with Crippen molar-refractivity contribution in [1.29, 1.82) is 0 Å². The van der Waals surface area contributed by atoms with E-state index in [4.69, 9.17) is 15.2 Å². The van der Waals surface area contributed by atoms with Gasteiger partial charge in [0.25, 0.3) is 0 Å². The van der Waals surface area contributed by atoms with Crippen LogP contribution in [0.15, 0.2) is 65.7 Å². The third kappa shape index (κ3) is 5.60. The fraction of sp³-hybridized carbons (Fsp3) is 0.179. The van der Waals surface area contributed by atoms with Gasteiger partial charge in [0.05, 0.1) is 18.4 Å². The summed E-state index contributed by atoms with van der Waals surface area (Å²) in [6.45, 7) is 5.72. The smallest absolute Gasteiger partial charge is 0.230 e. The number of Topliss-reactive ketones (excluding diaryl/α,β-unsaturated/α-hetero) is 1. The Labute approximate surface area is 220 Å². The fourth-order valence-electron chi connectivity index (χ4n) is 4.08. The Bertz CT molecular complexity index is 1630. The third-order valence-electron chi connectivity index (χ3n) is 5.82. The zero-order valence-electron chi connectivity index (χ0n) is 21.3. The number of methoxy groups -OCH3 is 1. The van der Waals surface area contributed by atoms with Gasteiger partial charge in [-0.15, -0.1) is 0 Å². The number of benzene rings is 2. The molecule has 196 valence electrons. The first-order valence-electron chi connectivity index (χ1n) is 11.6. The molecule has 0 fully saturated rings. The quantitative estimate of drug-likeness (QED) is 0.305. The molecule has 0 saturated heterocycles. The van der Waals surface area contributed by atoms with E-state index in [1.165, 1.54) is 37.4 Å². The first-order valence-corrected chi connectivity index (χ1v) is 13.3. The van der Waals surface area contributed by atoms with Crippen molar-refractivity contribution < 1.29 is 27.8 Å². The van der Waals surface area contributed by atoms with Crippen LogP contribution in [0.25, 0.3) is 11.3 Å². The molecule has 3 N–H and O–H groups in total. The van der Waals surface area contributed by atoms with Gasteiger partial charge in [-0.05, 0) is 74.4 Å². The summed E-state index contributed by atoms with van der Waals surface area (Å²) in [7, 11) is -2.65. The van der Waals surface area contributed by atoms with Crippen molar-refractivity contribution in [2.45, 2.75) is 25.8 Å². The standard InChI is InChI=1S/C28H27N3O6S/c1-16-12-17(2)27(18(3)13-16)37-28-20(23(33)15-38(34,35)26-7-5-6-25(29)31-26)9-10-21(30-28)19-8-11-22(32)24(14-19)36-4/h5-14,32H,15H2,1-4H3,(H2,29,31). The highest BCUT2D eigenvalue weighted by molar-refractivity contribution is 7.92. The van der Waals surface area contributed by atoms with Crippen LogP contribution in [0.3, 0.4) is 0 Å². The van der Waals surface area contributed by atoms with E-state index in [-0.39, 0.29) is 33.8 Å². The Morgan fingerprint density at radius 3 is 2.34 bits per heavy atom. The summed E-state index contributed by atoms with van der Waals surface area (Å²) in [5, 5.41) is 9.67. The molecule has 0 amide bonds. The minimum atomic E-state index is -4.09. The van der Waals surface area contributed by atoms with E-state index in [0.717, 1.165) is 16.7 Å². The maximum absolute atomic E-state index is 13.3. The second kappa shape index (κ2) is 10.5. The van der Waals surface area contributed by atoms with Crippen LogP contribution in [0.5, 0.6) is 23.1 Å². The molecular weight excluding hydrogens is 506 g/mol. The highest BCUT2D eigenvalue weighted by atomic mass is 32.2. The van der Waals surface area contributed by atoms with E-state index < -0.39 is 21.4 Å². The Morgan fingerprint density at radius 1 is 0.974 bits per heavy atom. The average Bonchev–Trinajstić information content (AvgIpc) is 2.86. The summed E-state index contributed by atoms with van der Waals surface area (Å²) in [6, 6.07) is 15.8. The molecule has 2 heterocycles. The van der Waals surface area contributed by atoms with Gasteiger partial charge in [0.1, 0.15) is 17.3 Å². The van der Waals surface area contributed by atoms with Crippen LogP contribution >= 0.6 is 0 Å². The summed E-state index contributed by atoms with van der Waals surface area (Å²) in [6.07, 6.45) is 0. The number of aryl methyl sites for hydroxylation is 3. The lowest BCUT2D eigenvalue weighted by Gasteiger charge is -2.16. The van der Waals surface area contributed by atoms with Crippen LogP contribution in [0, 0.1) is 20.8 Å². The number of aromatic hydroxyl groups is 1. The summed E-state index contributed by atoms with van der Waals surface area (Å²) in [4.78, 5) is 21.8. The van der Waals surface area contributed by atoms with Crippen LogP contribution in [0.4, 0.5) is 5.82 Å². The van der Waals surface area contributed by atoms with E-state index >= 15 is 0 Å². The second-order valence-electron chi connectivity index (χ2n) is 8.85. The zero-order valence-corrected chi connectivity index (χ0v) is 22.2. The van der Waals surface area contributed by atoms with Gasteiger partial charge in [0.15, 0.2) is 22.3 Å². The number of hydrogen-bond donors (Lipinski definition) is 2. The Kier molecular flexibility index (Phi) is 7.36. The number of ether oxygens (including phenoxy) is 2. The van der Waals surface area contributed by atoms with Crippen molar-refractivity contribution in [1.82, 2.24) is 9.97 Å². The Morgan fingerprint density at radius 2 is 1.68 bits per heavy atom. The van der Waals surface area contributed by atoms with Gasteiger partial charge in [0.2, 0.25) is 15.7 Å². The van der Waals surface area contributed by atoms with Gasteiger partial charge in [-0.3, -0.25) is 4.79 Å². The number of ketones is 1. The van der Waals surface area contributed by atoms with Crippen LogP contribution in [-0.4, -0.2) is 42.1 Å². The summed E-state index contributed by atoms with van der Waals surface area (Å²) in [5.41, 5.74) is 9.35. The highest BCUT2D eigenvalue weighted by Crippen LogP contribution is 2.35. The number of sulfone groups is 1. The number of pyridine rings is 2. The number of aromatic nitrogens is 2. The lowest BCUT2D eigenvalue weighted by molar-refractivity contribution is 0.101. The number of anilines is 1. The van der Waals surface area contributed by atoms with E-state index in [0.29, 0.717) is 17.0 Å². The Hall–Kier alpha value is -4.44.